The van der Waals surface area contributed by atoms with Crippen molar-refractivity contribution >= 4 is 21.7 Å². The van der Waals surface area contributed by atoms with Crippen LogP contribution in [0.1, 0.15) is 18.9 Å². The fourth-order valence-electron chi connectivity index (χ4n) is 1.47. The molecule has 0 aliphatic heterocycles. The summed E-state index contributed by atoms with van der Waals surface area (Å²) in [5.41, 5.74) is 0.926. The fraction of sp³-hybridized carbons (Fsp3) is 0.636. The van der Waals surface area contributed by atoms with E-state index in [9.17, 15) is 8.42 Å². The molecule has 8 heteroatoms. The Hall–Kier alpha value is -1.41. The Kier molecular flexibility index (Phi) is 5.97. The highest BCUT2D eigenvalue weighted by Crippen LogP contribution is 2.17. The van der Waals surface area contributed by atoms with Crippen LogP contribution in [0, 0.1) is 6.92 Å². The van der Waals surface area contributed by atoms with Gasteiger partial charge in [0.15, 0.2) is 0 Å². The highest BCUT2D eigenvalue weighted by atomic mass is 32.2. The Balaban J connectivity index is 2.54. The van der Waals surface area contributed by atoms with E-state index in [4.69, 9.17) is 0 Å². The van der Waals surface area contributed by atoms with Gasteiger partial charge in [0, 0.05) is 25.2 Å². The lowest BCUT2D eigenvalue weighted by Gasteiger charge is -2.12. The number of aromatic nitrogens is 2. The molecule has 0 aromatic carbocycles. The van der Waals surface area contributed by atoms with Crippen molar-refractivity contribution in [1.29, 1.82) is 0 Å². The molecule has 19 heavy (non-hydrogen) atoms. The van der Waals surface area contributed by atoms with Gasteiger partial charge in [-0.3, -0.25) is 0 Å². The van der Waals surface area contributed by atoms with Gasteiger partial charge in [0.2, 0.25) is 10.0 Å². The smallest absolute Gasteiger partial charge is 0.208 e. The van der Waals surface area contributed by atoms with Crippen molar-refractivity contribution in [2.75, 3.05) is 36.5 Å². The van der Waals surface area contributed by atoms with Gasteiger partial charge in [0.25, 0.3) is 0 Å². The van der Waals surface area contributed by atoms with E-state index in [0.29, 0.717) is 18.9 Å². The van der Waals surface area contributed by atoms with E-state index in [2.05, 4.69) is 32.2 Å². The van der Waals surface area contributed by atoms with E-state index < -0.39 is 10.0 Å². The van der Waals surface area contributed by atoms with Crippen molar-refractivity contribution in [2.24, 2.45) is 0 Å². The van der Waals surface area contributed by atoms with Crippen molar-refractivity contribution in [3.05, 3.63) is 11.9 Å². The molecule has 1 aromatic rings. The summed E-state index contributed by atoms with van der Waals surface area (Å²) >= 11 is 0. The molecule has 0 amide bonds. The number of nitrogens with one attached hydrogen (secondary N) is 3. The SMILES string of the molecule is CCCNc1ncnc(NCCNS(C)(=O)=O)c1C. The minimum atomic E-state index is -3.14. The summed E-state index contributed by atoms with van der Waals surface area (Å²) in [5.74, 6) is 1.51. The Bertz CT molecular complexity index is 504. The maximum absolute atomic E-state index is 10.9. The third-order valence-corrected chi connectivity index (χ3v) is 3.14. The Morgan fingerprint density at radius 1 is 1.11 bits per heavy atom. The van der Waals surface area contributed by atoms with E-state index in [1.807, 2.05) is 6.92 Å². The van der Waals surface area contributed by atoms with Crippen LogP contribution >= 0.6 is 0 Å². The van der Waals surface area contributed by atoms with Crippen LogP contribution in [0.4, 0.5) is 11.6 Å². The maximum atomic E-state index is 10.9. The predicted molar refractivity (Wildman–Crippen MR) is 76.9 cm³/mol. The quantitative estimate of drug-likeness (QED) is 0.605. The van der Waals surface area contributed by atoms with E-state index >= 15 is 0 Å². The van der Waals surface area contributed by atoms with Gasteiger partial charge < -0.3 is 10.6 Å². The standard InChI is InChI=1S/C11H21N5O2S/c1-4-5-12-10-9(2)11(15-8-14-10)13-6-7-16-19(3,17)18/h8,16H,4-7H2,1-3H3,(H2,12,13,14,15). The van der Waals surface area contributed by atoms with Crippen molar-refractivity contribution in [2.45, 2.75) is 20.3 Å². The van der Waals surface area contributed by atoms with Gasteiger partial charge in [-0.1, -0.05) is 6.92 Å². The van der Waals surface area contributed by atoms with E-state index in [-0.39, 0.29) is 0 Å². The van der Waals surface area contributed by atoms with Gasteiger partial charge in [-0.15, -0.1) is 0 Å². The molecule has 0 unspecified atom stereocenters. The summed E-state index contributed by atoms with van der Waals surface area (Å²) in [6.07, 6.45) is 3.64. The molecule has 3 N–H and O–H groups in total. The highest BCUT2D eigenvalue weighted by Gasteiger charge is 2.06. The lowest BCUT2D eigenvalue weighted by molar-refractivity contribution is 0.589. The molecule has 0 radical (unpaired) electrons. The predicted octanol–water partition coefficient (Wildman–Crippen LogP) is 0.568. The van der Waals surface area contributed by atoms with Crippen molar-refractivity contribution in [3.8, 4) is 0 Å². The van der Waals surface area contributed by atoms with Crippen LogP contribution in [0.2, 0.25) is 0 Å². The molecule has 1 heterocycles. The van der Waals surface area contributed by atoms with Gasteiger partial charge in [0.1, 0.15) is 18.0 Å². The van der Waals surface area contributed by atoms with Crippen LogP contribution in [0.5, 0.6) is 0 Å². The zero-order valence-corrected chi connectivity index (χ0v) is 12.3. The van der Waals surface area contributed by atoms with Gasteiger partial charge in [0.05, 0.1) is 6.26 Å². The van der Waals surface area contributed by atoms with E-state index in [1.165, 1.54) is 6.33 Å². The Morgan fingerprint density at radius 3 is 2.21 bits per heavy atom. The molecule has 0 aliphatic carbocycles. The maximum Gasteiger partial charge on any atom is 0.208 e. The minimum absolute atomic E-state index is 0.319. The largest absolute Gasteiger partial charge is 0.370 e. The first-order valence-electron chi connectivity index (χ1n) is 6.18. The molecule has 1 rings (SSSR count). The zero-order valence-electron chi connectivity index (χ0n) is 11.5. The van der Waals surface area contributed by atoms with Crippen LogP contribution in [0.25, 0.3) is 0 Å². The number of sulfonamides is 1. The molecule has 0 atom stereocenters. The summed E-state index contributed by atoms with van der Waals surface area (Å²) in [6, 6.07) is 0. The average molecular weight is 287 g/mol. The third kappa shape index (κ3) is 5.84. The molecule has 7 nitrogen and oxygen atoms in total. The number of hydrogen-bond acceptors (Lipinski definition) is 6. The van der Waals surface area contributed by atoms with Crippen LogP contribution in [-0.2, 0) is 10.0 Å². The van der Waals surface area contributed by atoms with Crippen LogP contribution < -0.4 is 15.4 Å². The Labute approximate surface area is 114 Å². The normalized spacial score (nSPS) is 11.3. The van der Waals surface area contributed by atoms with Crippen LogP contribution in [-0.4, -0.2) is 44.3 Å². The van der Waals surface area contributed by atoms with Crippen LogP contribution in [0.3, 0.4) is 0 Å². The molecule has 0 spiro atoms. The number of hydrogen-bond donors (Lipinski definition) is 3. The molecule has 1 aromatic heterocycles. The number of rotatable bonds is 8. The molecular formula is C11H21N5O2S. The van der Waals surface area contributed by atoms with Crippen molar-refractivity contribution < 1.29 is 8.42 Å². The lowest BCUT2D eigenvalue weighted by Crippen LogP contribution is -2.28. The first-order valence-corrected chi connectivity index (χ1v) is 8.07. The summed E-state index contributed by atoms with van der Waals surface area (Å²) < 4.78 is 24.2. The van der Waals surface area contributed by atoms with E-state index in [1.54, 1.807) is 0 Å². The second-order valence-electron chi connectivity index (χ2n) is 4.22. The minimum Gasteiger partial charge on any atom is -0.370 e. The molecule has 0 fully saturated rings. The monoisotopic (exact) mass is 287 g/mol. The fourth-order valence-corrected chi connectivity index (χ4v) is 1.94. The third-order valence-electron chi connectivity index (χ3n) is 2.41. The summed E-state index contributed by atoms with van der Waals surface area (Å²) in [4.78, 5) is 8.31. The van der Waals surface area contributed by atoms with Crippen LogP contribution in [0.15, 0.2) is 6.33 Å². The molecule has 0 saturated heterocycles. The zero-order chi connectivity index (χ0) is 14.3. The summed E-state index contributed by atoms with van der Waals surface area (Å²) in [5, 5.41) is 6.30. The van der Waals surface area contributed by atoms with Crippen molar-refractivity contribution in [1.82, 2.24) is 14.7 Å². The van der Waals surface area contributed by atoms with E-state index in [0.717, 1.165) is 30.6 Å². The van der Waals surface area contributed by atoms with Gasteiger partial charge in [-0.05, 0) is 13.3 Å². The Morgan fingerprint density at radius 2 is 1.68 bits per heavy atom. The molecular weight excluding hydrogens is 266 g/mol. The van der Waals surface area contributed by atoms with Gasteiger partial charge >= 0.3 is 0 Å². The van der Waals surface area contributed by atoms with Gasteiger partial charge in [-0.25, -0.2) is 23.1 Å². The second kappa shape index (κ2) is 7.25. The summed E-state index contributed by atoms with van der Waals surface area (Å²) in [7, 11) is -3.14. The topological polar surface area (TPSA) is 96.0 Å². The van der Waals surface area contributed by atoms with Crippen molar-refractivity contribution in [3.63, 3.8) is 0 Å². The molecule has 108 valence electrons. The highest BCUT2D eigenvalue weighted by molar-refractivity contribution is 7.88. The first-order chi connectivity index (χ1) is 8.94. The molecule has 0 saturated carbocycles. The second-order valence-corrected chi connectivity index (χ2v) is 6.05. The van der Waals surface area contributed by atoms with Gasteiger partial charge in [-0.2, -0.15) is 0 Å². The first kappa shape index (κ1) is 15.6. The lowest BCUT2D eigenvalue weighted by atomic mass is 10.3. The summed E-state index contributed by atoms with van der Waals surface area (Å²) in [6.45, 7) is 5.65. The number of anilines is 2. The number of nitrogens with zero attached hydrogens (tertiary/aromatic N) is 2. The average Bonchev–Trinajstić information content (AvgIpc) is 2.33. The molecule has 0 bridgehead atoms. The molecule has 0 aliphatic rings.